The van der Waals surface area contributed by atoms with Gasteiger partial charge in [0, 0.05) is 7.11 Å². The summed E-state index contributed by atoms with van der Waals surface area (Å²) in [6.07, 6.45) is 2.78. The van der Waals surface area contributed by atoms with E-state index in [1.165, 1.54) is 5.57 Å². The number of ether oxygens (including phenoxy) is 4. The first-order valence-corrected chi connectivity index (χ1v) is 9.83. The standard InChI is InChI=1S/C19H28ClNO6/c1-11(2)5-6-13-18(3,27-13)16-15(24-4)12(7-8-19(16)10-25-19)26-17(23)21-14(22)9-20/h5,12-13,15-16H,6-10H2,1-4H3,(H,21,22,23)/t12-,13+,15-,16?,18-,19+/m1/s1. The second kappa shape index (κ2) is 7.70. The molecule has 3 aliphatic rings. The number of alkyl halides is 1. The van der Waals surface area contributed by atoms with Crippen LogP contribution < -0.4 is 5.32 Å². The van der Waals surface area contributed by atoms with Gasteiger partial charge in [-0.15, -0.1) is 11.6 Å². The molecule has 0 bridgehead atoms. The van der Waals surface area contributed by atoms with Gasteiger partial charge in [-0.2, -0.15) is 0 Å². The number of hydrogen-bond donors (Lipinski definition) is 1. The lowest BCUT2D eigenvalue weighted by molar-refractivity contribution is -0.124. The molecule has 1 unspecified atom stereocenters. The molecule has 0 aromatic rings. The fourth-order valence-electron chi connectivity index (χ4n) is 4.38. The van der Waals surface area contributed by atoms with E-state index in [1.807, 2.05) is 0 Å². The van der Waals surface area contributed by atoms with E-state index < -0.39 is 23.7 Å². The minimum atomic E-state index is -0.804. The maximum atomic E-state index is 12.0. The van der Waals surface area contributed by atoms with Crippen LogP contribution in [0.25, 0.3) is 0 Å². The first-order valence-electron chi connectivity index (χ1n) is 9.30. The van der Waals surface area contributed by atoms with Gasteiger partial charge in [0.05, 0.1) is 18.6 Å². The van der Waals surface area contributed by atoms with Gasteiger partial charge in [-0.05, 0) is 40.0 Å². The highest BCUT2D eigenvalue weighted by atomic mass is 35.5. The predicted molar refractivity (Wildman–Crippen MR) is 98.7 cm³/mol. The Balaban J connectivity index is 1.73. The van der Waals surface area contributed by atoms with Gasteiger partial charge in [-0.25, -0.2) is 4.79 Å². The Bertz CT molecular complexity index is 630. The molecule has 1 aliphatic carbocycles. The molecule has 27 heavy (non-hydrogen) atoms. The minimum Gasteiger partial charge on any atom is -0.443 e. The third-order valence-electron chi connectivity index (χ3n) is 5.86. The van der Waals surface area contributed by atoms with Gasteiger partial charge in [0.15, 0.2) is 0 Å². The van der Waals surface area contributed by atoms with Crippen LogP contribution in [0.5, 0.6) is 0 Å². The summed E-state index contributed by atoms with van der Waals surface area (Å²) in [5.41, 5.74) is 0.574. The molecule has 1 N–H and O–H groups in total. The van der Waals surface area contributed by atoms with E-state index in [-0.39, 0.29) is 29.6 Å². The maximum Gasteiger partial charge on any atom is 0.414 e. The summed E-state index contributed by atoms with van der Waals surface area (Å²) in [6, 6.07) is 0. The van der Waals surface area contributed by atoms with Crippen LogP contribution in [0.1, 0.15) is 40.0 Å². The molecule has 152 valence electrons. The number of alkyl carbamates (subject to hydrolysis) is 1. The lowest BCUT2D eigenvalue weighted by Crippen LogP contribution is -2.56. The second-order valence-electron chi connectivity index (χ2n) is 8.00. The fourth-order valence-corrected chi connectivity index (χ4v) is 4.45. The van der Waals surface area contributed by atoms with Crippen molar-refractivity contribution in [2.45, 2.75) is 69.5 Å². The number of hydrogen-bond acceptors (Lipinski definition) is 6. The van der Waals surface area contributed by atoms with Crippen molar-refractivity contribution in [3.63, 3.8) is 0 Å². The van der Waals surface area contributed by atoms with E-state index >= 15 is 0 Å². The van der Waals surface area contributed by atoms with E-state index in [9.17, 15) is 9.59 Å². The van der Waals surface area contributed by atoms with E-state index in [4.69, 9.17) is 30.5 Å². The van der Waals surface area contributed by atoms with Gasteiger partial charge in [-0.3, -0.25) is 10.1 Å². The van der Waals surface area contributed by atoms with E-state index in [0.29, 0.717) is 13.0 Å². The van der Waals surface area contributed by atoms with Crippen molar-refractivity contribution in [2.24, 2.45) is 5.92 Å². The summed E-state index contributed by atoms with van der Waals surface area (Å²) >= 11 is 5.42. The number of methoxy groups -OCH3 is 1. The largest absolute Gasteiger partial charge is 0.443 e. The Morgan fingerprint density at radius 2 is 2.07 bits per heavy atom. The normalized spacial score (nSPS) is 39.6. The van der Waals surface area contributed by atoms with Crippen LogP contribution in [0, 0.1) is 5.92 Å². The summed E-state index contributed by atoms with van der Waals surface area (Å²) in [5.74, 6) is -0.949. The molecule has 2 saturated heterocycles. The number of rotatable bonds is 6. The van der Waals surface area contributed by atoms with Crippen molar-refractivity contribution < 1.29 is 28.5 Å². The molecule has 8 heteroatoms. The van der Waals surface area contributed by atoms with Gasteiger partial charge < -0.3 is 18.9 Å². The summed E-state index contributed by atoms with van der Waals surface area (Å²) in [4.78, 5) is 23.3. The molecule has 0 aromatic heterocycles. The first kappa shape index (κ1) is 20.6. The predicted octanol–water partition coefficient (Wildman–Crippen LogP) is 2.55. The second-order valence-corrected chi connectivity index (χ2v) is 8.27. The highest BCUT2D eigenvalue weighted by molar-refractivity contribution is 6.28. The molecule has 3 rings (SSSR count). The zero-order chi connectivity index (χ0) is 19.8. The fraction of sp³-hybridized carbons (Fsp3) is 0.789. The van der Waals surface area contributed by atoms with Crippen LogP contribution in [-0.2, 0) is 23.7 Å². The van der Waals surface area contributed by atoms with Gasteiger partial charge in [0.2, 0.25) is 5.91 Å². The molecule has 7 nitrogen and oxygen atoms in total. The molecular formula is C19H28ClNO6. The maximum absolute atomic E-state index is 12.0. The summed E-state index contributed by atoms with van der Waals surface area (Å²) in [6.45, 7) is 6.87. The quantitative estimate of drug-likeness (QED) is 0.418. The Kier molecular flexibility index (Phi) is 5.87. The Labute approximate surface area is 164 Å². The number of carbonyl (C=O) groups is 2. The summed E-state index contributed by atoms with van der Waals surface area (Å²) in [7, 11) is 1.61. The van der Waals surface area contributed by atoms with E-state index in [0.717, 1.165) is 12.8 Å². The Hall–Kier alpha value is -1.15. The van der Waals surface area contributed by atoms with Crippen LogP contribution >= 0.6 is 11.6 Å². The molecule has 1 spiro atoms. The van der Waals surface area contributed by atoms with Crippen molar-refractivity contribution in [1.82, 2.24) is 5.32 Å². The van der Waals surface area contributed by atoms with Crippen LogP contribution in [-0.4, -0.2) is 61.1 Å². The number of allylic oxidation sites excluding steroid dienone is 1. The number of epoxide rings is 2. The van der Waals surface area contributed by atoms with Crippen LogP contribution in [0.3, 0.4) is 0 Å². The number of halogens is 1. The van der Waals surface area contributed by atoms with Gasteiger partial charge in [-0.1, -0.05) is 11.6 Å². The minimum absolute atomic E-state index is 0.0548. The molecule has 1 saturated carbocycles. The first-order chi connectivity index (χ1) is 12.8. The lowest BCUT2D eigenvalue weighted by Gasteiger charge is -2.42. The SMILES string of the molecule is CO[C@H]1C([C@]2(C)O[C@H]2CC=C(C)C)[C@]2(CC[C@H]1OC(=O)NC(=O)CCl)CO2. The third-order valence-corrected chi connectivity index (χ3v) is 6.10. The van der Waals surface area contributed by atoms with Crippen LogP contribution in [0.2, 0.25) is 0 Å². The van der Waals surface area contributed by atoms with Crippen molar-refractivity contribution >= 4 is 23.6 Å². The van der Waals surface area contributed by atoms with E-state index in [2.05, 4.69) is 32.2 Å². The Morgan fingerprint density at radius 1 is 1.37 bits per heavy atom. The lowest BCUT2D eigenvalue weighted by atomic mass is 9.68. The Morgan fingerprint density at radius 3 is 2.63 bits per heavy atom. The third kappa shape index (κ3) is 4.16. The number of carbonyl (C=O) groups excluding carboxylic acids is 2. The van der Waals surface area contributed by atoms with Crippen LogP contribution in [0.15, 0.2) is 11.6 Å². The topological polar surface area (TPSA) is 89.7 Å². The van der Waals surface area contributed by atoms with Crippen molar-refractivity contribution in [2.75, 3.05) is 19.6 Å². The van der Waals surface area contributed by atoms with Gasteiger partial charge >= 0.3 is 6.09 Å². The molecule has 2 aliphatic heterocycles. The molecular weight excluding hydrogens is 374 g/mol. The molecule has 2 amide bonds. The van der Waals surface area contributed by atoms with Crippen molar-refractivity contribution in [3.05, 3.63) is 11.6 Å². The monoisotopic (exact) mass is 401 g/mol. The number of imide groups is 1. The van der Waals surface area contributed by atoms with Crippen LogP contribution in [0.4, 0.5) is 4.79 Å². The molecule has 0 aromatic carbocycles. The van der Waals surface area contributed by atoms with Gasteiger partial charge in [0.1, 0.15) is 29.3 Å². The molecule has 0 radical (unpaired) electrons. The number of amides is 2. The smallest absolute Gasteiger partial charge is 0.414 e. The molecule has 6 atom stereocenters. The molecule has 2 heterocycles. The summed E-state index contributed by atoms with van der Waals surface area (Å²) in [5, 5.41) is 2.11. The number of nitrogens with one attached hydrogen (secondary N) is 1. The summed E-state index contributed by atoms with van der Waals surface area (Å²) < 4.78 is 23.2. The highest BCUT2D eigenvalue weighted by Crippen LogP contribution is 2.59. The highest BCUT2D eigenvalue weighted by Gasteiger charge is 2.72. The zero-order valence-electron chi connectivity index (χ0n) is 16.2. The van der Waals surface area contributed by atoms with Crippen molar-refractivity contribution in [3.8, 4) is 0 Å². The van der Waals surface area contributed by atoms with Gasteiger partial charge in [0.25, 0.3) is 0 Å². The van der Waals surface area contributed by atoms with Crippen molar-refractivity contribution in [1.29, 1.82) is 0 Å². The van der Waals surface area contributed by atoms with E-state index in [1.54, 1.807) is 7.11 Å². The average molecular weight is 402 g/mol. The average Bonchev–Trinajstić information content (AvgIpc) is 3.52. The molecule has 3 fully saturated rings. The zero-order valence-corrected chi connectivity index (χ0v) is 17.0.